The van der Waals surface area contributed by atoms with Crippen molar-refractivity contribution in [3.63, 3.8) is 0 Å². The molecule has 0 aliphatic heterocycles. The summed E-state index contributed by atoms with van der Waals surface area (Å²) in [6.45, 7) is 4.71. The summed E-state index contributed by atoms with van der Waals surface area (Å²) >= 11 is 0. The highest BCUT2D eigenvalue weighted by atomic mass is 16.3. The predicted octanol–water partition coefficient (Wildman–Crippen LogP) is 3.12. The van der Waals surface area contributed by atoms with Crippen molar-refractivity contribution in [2.24, 2.45) is 17.3 Å². The van der Waals surface area contributed by atoms with Crippen molar-refractivity contribution in [3.05, 3.63) is 0 Å². The summed E-state index contributed by atoms with van der Waals surface area (Å²) in [6.07, 6.45) is 8.55. The van der Waals surface area contributed by atoms with Crippen molar-refractivity contribution in [3.8, 4) is 0 Å². The molecule has 2 heteroatoms. The molecule has 2 nitrogen and oxygen atoms in total. The Hall–Kier alpha value is -0.0800. The van der Waals surface area contributed by atoms with Crippen molar-refractivity contribution in [2.45, 2.75) is 70.8 Å². The highest BCUT2D eigenvalue weighted by Gasteiger charge is 2.52. The first-order chi connectivity index (χ1) is 8.01. The van der Waals surface area contributed by atoms with Gasteiger partial charge in [0.25, 0.3) is 0 Å². The molecule has 0 aromatic rings. The summed E-state index contributed by atoms with van der Waals surface area (Å²) in [7, 11) is 0. The largest absolute Gasteiger partial charge is 0.396 e. The molecular formula is C15H28O2. The summed E-state index contributed by atoms with van der Waals surface area (Å²) in [6, 6.07) is 0. The van der Waals surface area contributed by atoms with Crippen molar-refractivity contribution >= 4 is 0 Å². The predicted molar refractivity (Wildman–Crippen MR) is 69.7 cm³/mol. The van der Waals surface area contributed by atoms with Crippen molar-refractivity contribution < 1.29 is 10.2 Å². The zero-order valence-electron chi connectivity index (χ0n) is 11.4. The minimum atomic E-state index is -0.594. The van der Waals surface area contributed by atoms with Gasteiger partial charge in [0.05, 0.1) is 12.2 Å². The third-order valence-electron chi connectivity index (χ3n) is 5.25. The molecule has 0 radical (unpaired) electrons. The fourth-order valence-electron chi connectivity index (χ4n) is 4.59. The molecule has 2 unspecified atom stereocenters. The fourth-order valence-corrected chi connectivity index (χ4v) is 4.59. The molecule has 2 fully saturated rings. The maximum absolute atomic E-state index is 11.0. The Morgan fingerprint density at radius 1 is 1.00 bits per heavy atom. The average Bonchev–Trinajstić information content (AvgIpc) is 2.28. The second-order valence-corrected chi connectivity index (χ2v) is 6.88. The molecule has 2 rings (SSSR count). The van der Waals surface area contributed by atoms with Gasteiger partial charge in [0.2, 0.25) is 0 Å². The fraction of sp³-hybridized carbons (Fsp3) is 1.00. The molecule has 100 valence electrons. The molecule has 2 N–H and O–H groups in total. The van der Waals surface area contributed by atoms with Gasteiger partial charge in [-0.05, 0) is 43.9 Å². The SMILES string of the molecule is CC1CC(C)CC(CO)(C2(O)CCCCC2)C1. The van der Waals surface area contributed by atoms with Crippen LogP contribution in [-0.2, 0) is 0 Å². The normalized spacial score (nSPS) is 42.4. The van der Waals surface area contributed by atoms with Crippen LogP contribution in [-0.4, -0.2) is 22.4 Å². The van der Waals surface area contributed by atoms with E-state index in [0.717, 1.165) is 38.5 Å². The smallest absolute Gasteiger partial charge is 0.0725 e. The van der Waals surface area contributed by atoms with Crippen molar-refractivity contribution in [1.82, 2.24) is 0 Å². The molecule has 0 amide bonds. The van der Waals surface area contributed by atoms with E-state index in [1.807, 2.05) is 0 Å². The maximum Gasteiger partial charge on any atom is 0.0725 e. The second kappa shape index (κ2) is 4.89. The van der Waals surface area contributed by atoms with Crippen LogP contribution in [0.5, 0.6) is 0 Å². The quantitative estimate of drug-likeness (QED) is 0.778. The minimum absolute atomic E-state index is 0.165. The lowest BCUT2D eigenvalue weighted by molar-refractivity contribution is -0.160. The first-order valence-electron chi connectivity index (χ1n) is 7.35. The Kier molecular flexibility index (Phi) is 3.84. The van der Waals surface area contributed by atoms with Crippen LogP contribution in [0.4, 0.5) is 0 Å². The topological polar surface area (TPSA) is 40.5 Å². The minimum Gasteiger partial charge on any atom is -0.396 e. The average molecular weight is 240 g/mol. The molecule has 0 bridgehead atoms. The Morgan fingerprint density at radius 2 is 1.53 bits per heavy atom. The molecule has 0 aromatic heterocycles. The summed E-state index contributed by atoms with van der Waals surface area (Å²) in [5.74, 6) is 1.27. The van der Waals surface area contributed by atoms with Crippen LogP contribution in [0.1, 0.15) is 65.2 Å². The van der Waals surface area contributed by atoms with E-state index >= 15 is 0 Å². The van der Waals surface area contributed by atoms with Crippen LogP contribution in [0, 0.1) is 17.3 Å². The summed E-state index contributed by atoms with van der Waals surface area (Å²) in [4.78, 5) is 0. The molecule has 2 saturated carbocycles. The van der Waals surface area contributed by atoms with E-state index < -0.39 is 5.60 Å². The molecule has 2 atom stereocenters. The number of rotatable bonds is 2. The number of aliphatic hydroxyl groups excluding tert-OH is 1. The highest BCUT2D eigenvalue weighted by Crippen LogP contribution is 2.53. The Labute approximate surface area is 105 Å². The van der Waals surface area contributed by atoms with E-state index in [1.54, 1.807) is 0 Å². The van der Waals surface area contributed by atoms with Gasteiger partial charge in [-0.25, -0.2) is 0 Å². The first-order valence-corrected chi connectivity index (χ1v) is 7.35. The monoisotopic (exact) mass is 240 g/mol. The summed E-state index contributed by atoms with van der Waals surface area (Å²) < 4.78 is 0. The number of aliphatic hydroxyl groups is 2. The molecular weight excluding hydrogens is 212 g/mol. The van der Waals surface area contributed by atoms with Crippen LogP contribution in [0.15, 0.2) is 0 Å². The second-order valence-electron chi connectivity index (χ2n) is 6.88. The van der Waals surface area contributed by atoms with E-state index in [2.05, 4.69) is 13.8 Å². The van der Waals surface area contributed by atoms with Crippen LogP contribution in [0.25, 0.3) is 0 Å². The van der Waals surface area contributed by atoms with Crippen LogP contribution >= 0.6 is 0 Å². The molecule has 17 heavy (non-hydrogen) atoms. The van der Waals surface area contributed by atoms with Crippen LogP contribution < -0.4 is 0 Å². The first kappa shape index (κ1) is 13.4. The van der Waals surface area contributed by atoms with Gasteiger partial charge < -0.3 is 10.2 Å². The molecule has 0 heterocycles. The number of hydrogen-bond donors (Lipinski definition) is 2. The van der Waals surface area contributed by atoms with Gasteiger partial charge in [-0.1, -0.05) is 33.1 Å². The standard InChI is InChI=1S/C15H28O2/c1-12-8-13(2)10-14(9-12,11-16)15(17)6-4-3-5-7-15/h12-13,16-17H,3-11H2,1-2H3. The van der Waals surface area contributed by atoms with Crippen molar-refractivity contribution in [2.75, 3.05) is 6.61 Å². The third kappa shape index (κ3) is 2.39. The van der Waals surface area contributed by atoms with Gasteiger partial charge >= 0.3 is 0 Å². The highest BCUT2D eigenvalue weighted by molar-refractivity contribution is 5.03. The molecule has 0 aromatic carbocycles. The van der Waals surface area contributed by atoms with Gasteiger partial charge in [0.15, 0.2) is 0 Å². The molecule has 2 aliphatic rings. The maximum atomic E-state index is 11.0. The van der Waals surface area contributed by atoms with E-state index in [4.69, 9.17) is 0 Å². The van der Waals surface area contributed by atoms with Gasteiger partial charge in [0, 0.05) is 5.41 Å². The van der Waals surface area contributed by atoms with Gasteiger partial charge in [-0.15, -0.1) is 0 Å². The molecule has 2 aliphatic carbocycles. The van der Waals surface area contributed by atoms with E-state index in [-0.39, 0.29) is 12.0 Å². The van der Waals surface area contributed by atoms with E-state index in [0.29, 0.717) is 11.8 Å². The zero-order valence-corrected chi connectivity index (χ0v) is 11.4. The summed E-state index contributed by atoms with van der Waals surface area (Å²) in [5.41, 5.74) is -0.812. The van der Waals surface area contributed by atoms with Crippen LogP contribution in [0.2, 0.25) is 0 Å². The van der Waals surface area contributed by atoms with Crippen LogP contribution in [0.3, 0.4) is 0 Å². The van der Waals surface area contributed by atoms with Gasteiger partial charge in [-0.3, -0.25) is 0 Å². The Balaban J connectivity index is 2.22. The third-order valence-corrected chi connectivity index (χ3v) is 5.25. The Morgan fingerprint density at radius 3 is 2.00 bits per heavy atom. The van der Waals surface area contributed by atoms with Crippen molar-refractivity contribution in [1.29, 1.82) is 0 Å². The molecule has 0 saturated heterocycles. The lowest BCUT2D eigenvalue weighted by atomic mass is 9.55. The van der Waals surface area contributed by atoms with E-state index in [9.17, 15) is 10.2 Å². The van der Waals surface area contributed by atoms with E-state index in [1.165, 1.54) is 12.8 Å². The van der Waals surface area contributed by atoms with Gasteiger partial charge in [0.1, 0.15) is 0 Å². The Bertz CT molecular complexity index is 246. The number of hydrogen-bond acceptors (Lipinski definition) is 2. The molecule has 0 spiro atoms. The lowest BCUT2D eigenvalue weighted by Gasteiger charge is -2.53. The summed E-state index contributed by atoms with van der Waals surface area (Å²) in [5, 5.41) is 21.0. The lowest BCUT2D eigenvalue weighted by Crippen LogP contribution is -2.55. The zero-order chi connectivity index (χ0) is 12.5. The van der Waals surface area contributed by atoms with Gasteiger partial charge in [-0.2, -0.15) is 0 Å².